The minimum Gasteiger partial charge on any atom is -0.478 e. The molecule has 0 amide bonds. The van der Waals surface area contributed by atoms with Gasteiger partial charge in [-0.15, -0.1) is 0 Å². The van der Waals surface area contributed by atoms with Crippen LogP contribution in [0.15, 0.2) is 28.2 Å². The van der Waals surface area contributed by atoms with E-state index in [-0.39, 0.29) is 0 Å². The van der Waals surface area contributed by atoms with Crippen molar-refractivity contribution >= 4 is 33.7 Å². The number of hydrogen-bond donors (Lipinski definition) is 1. The number of nitrogens with zero attached hydrogens (tertiary/aromatic N) is 1. The Morgan fingerprint density at radius 1 is 1.44 bits per heavy atom. The zero-order valence-electron chi connectivity index (χ0n) is 10.5. The zero-order valence-corrected chi connectivity index (χ0v) is 12.1. The molecule has 4 heteroatoms. The average molecular weight is 310 g/mol. The molecule has 0 fully saturated rings. The fraction of sp³-hybridized carbons (Fsp3) is 0.357. The highest BCUT2D eigenvalue weighted by molar-refractivity contribution is 9.10. The number of anilines is 1. The minimum atomic E-state index is -0.827. The van der Waals surface area contributed by atoms with Gasteiger partial charge in [0.2, 0.25) is 0 Å². The van der Waals surface area contributed by atoms with Crippen LogP contribution in [0.1, 0.15) is 25.8 Å². The summed E-state index contributed by atoms with van der Waals surface area (Å²) in [6.45, 7) is 4.99. The zero-order chi connectivity index (χ0) is 13.3. The number of fused-ring (bicyclic) bond motifs is 1. The second-order valence-corrected chi connectivity index (χ2v) is 5.63. The number of rotatable bonds is 2. The summed E-state index contributed by atoms with van der Waals surface area (Å²) in [7, 11) is 0. The summed E-state index contributed by atoms with van der Waals surface area (Å²) in [5, 5.41) is 9.18. The molecule has 0 saturated carbocycles. The predicted molar refractivity (Wildman–Crippen MR) is 76.9 cm³/mol. The van der Waals surface area contributed by atoms with E-state index in [2.05, 4.69) is 34.7 Å². The van der Waals surface area contributed by atoms with Crippen LogP contribution in [0.4, 0.5) is 5.69 Å². The van der Waals surface area contributed by atoms with Crippen LogP contribution in [0, 0.1) is 0 Å². The number of benzene rings is 1. The van der Waals surface area contributed by atoms with E-state index in [1.165, 1.54) is 0 Å². The quantitative estimate of drug-likeness (QED) is 0.908. The fourth-order valence-corrected chi connectivity index (χ4v) is 2.61. The molecule has 0 spiro atoms. The summed E-state index contributed by atoms with van der Waals surface area (Å²) in [5.41, 5.74) is 2.54. The van der Waals surface area contributed by atoms with Gasteiger partial charge in [0.15, 0.2) is 0 Å². The van der Waals surface area contributed by atoms with E-state index in [0.29, 0.717) is 18.0 Å². The first kappa shape index (κ1) is 13.1. The Bertz CT molecular complexity index is 509. The molecular weight excluding hydrogens is 294 g/mol. The highest BCUT2D eigenvalue weighted by atomic mass is 79.9. The van der Waals surface area contributed by atoms with Crippen molar-refractivity contribution in [2.45, 2.75) is 26.3 Å². The summed E-state index contributed by atoms with van der Waals surface area (Å²) in [5.74, 6) is -0.827. The molecule has 1 aromatic carbocycles. The van der Waals surface area contributed by atoms with Crippen LogP contribution in [0.5, 0.6) is 0 Å². The maximum atomic E-state index is 11.2. The van der Waals surface area contributed by atoms with E-state index < -0.39 is 5.97 Å². The molecule has 0 radical (unpaired) electrons. The third-order valence-electron chi connectivity index (χ3n) is 3.15. The lowest BCUT2D eigenvalue weighted by Gasteiger charge is -2.29. The van der Waals surface area contributed by atoms with Gasteiger partial charge in [0, 0.05) is 28.3 Å². The molecule has 1 aliphatic rings. The first-order chi connectivity index (χ1) is 8.49. The van der Waals surface area contributed by atoms with E-state index in [4.69, 9.17) is 0 Å². The van der Waals surface area contributed by atoms with Crippen molar-refractivity contribution < 1.29 is 9.90 Å². The Balaban J connectivity index is 2.53. The van der Waals surface area contributed by atoms with Crippen LogP contribution < -0.4 is 4.90 Å². The topological polar surface area (TPSA) is 40.5 Å². The van der Waals surface area contributed by atoms with Crippen molar-refractivity contribution in [3.05, 3.63) is 33.8 Å². The van der Waals surface area contributed by atoms with Gasteiger partial charge in [-0.1, -0.05) is 15.9 Å². The van der Waals surface area contributed by atoms with E-state index >= 15 is 0 Å². The summed E-state index contributed by atoms with van der Waals surface area (Å²) in [6.07, 6.45) is 2.35. The fourth-order valence-electron chi connectivity index (χ4n) is 2.23. The molecular formula is C14H16BrNO2. The second kappa shape index (κ2) is 5.14. The lowest BCUT2D eigenvalue weighted by Crippen LogP contribution is -2.32. The number of aliphatic carboxylic acids is 1. The van der Waals surface area contributed by atoms with Gasteiger partial charge < -0.3 is 10.0 Å². The average Bonchev–Trinajstić information content (AvgIpc) is 2.47. The van der Waals surface area contributed by atoms with Crippen molar-refractivity contribution in [3.8, 4) is 0 Å². The Morgan fingerprint density at radius 2 is 2.17 bits per heavy atom. The molecule has 0 aliphatic carbocycles. The molecule has 0 unspecified atom stereocenters. The number of halogens is 1. The van der Waals surface area contributed by atoms with Crippen LogP contribution in [-0.2, 0) is 4.79 Å². The Kier molecular flexibility index (Phi) is 3.76. The van der Waals surface area contributed by atoms with Crippen LogP contribution in [-0.4, -0.2) is 23.7 Å². The van der Waals surface area contributed by atoms with Gasteiger partial charge >= 0.3 is 5.97 Å². The Labute approximate surface area is 115 Å². The van der Waals surface area contributed by atoms with Gasteiger partial charge in [0.05, 0.1) is 0 Å². The lowest BCUT2D eigenvalue weighted by atomic mass is 10.1. The monoisotopic (exact) mass is 309 g/mol. The largest absolute Gasteiger partial charge is 0.478 e. The molecule has 1 aromatic rings. The summed E-state index contributed by atoms with van der Waals surface area (Å²) >= 11 is 3.43. The summed E-state index contributed by atoms with van der Waals surface area (Å²) < 4.78 is 0.966. The molecule has 0 saturated heterocycles. The summed E-state index contributed by atoms with van der Waals surface area (Å²) in [6, 6.07) is 6.36. The van der Waals surface area contributed by atoms with Crippen molar-refractivity contribution in [1.82, 2.24) is 0 Å². The molecule has 0 bridgehead atoms. The number of hydrogen-bond acceptors (Lipinski definition) is 2. The third-order valence-corrected chi connectivity index (χ3v) is 3.64. The van der Waals surface area contributed by atoms with Gasteiger partial charge in [-0.3, -0.25) is 0 Å². The molecule has 2 rings (SSSR count). The first-order valence-corrected chi connectivity index (χ1v) is 6.78. The number of carboxylic acid groups (broad SMARTS) is 1. The van der Waals surface area contributed by atoms with Crippen molar-refractivity contribution in [2.24, 2.45) is 0 Å². The highest BCUT2D eigenvalue weighted by Crippen LogP contribution is 2.31. The highest BCUT2D eigenvalue weighted by Gasteiger charge is 2.20. The molecule has 0 aromatic heterocycles. The van der Waals surface area contributed by atoms with Crippen molar-refractivity contribution in [1.29, 1.82) is 0 Å². The number of carboxylic acids is 1. The molecule has 18 heavy (non-hydrogen) atoms. The molecule has 96 valence electrons. The van der Waals surface area contributed by atoms with Crippen LogP contribution >= 0.6 is 15.9 Å². The van der Waals surface area contributed by atoms with Crippen LogP contribution in [0.25, 0.3) is 6.08 Å². The molecule has 1 aliphatic heterocycles. The van der Waals surface area contributed by atoms with Gasteiger partial charge in [-0.2, -0.15) is 0 Å². The number of carbonyl (C=O) groups is 1. The van der Waals surface area contributed by atoms with Gasteiger partial charge in [0.25, 0.3) is 0 Å². The van der Waals surface area contributed by atoms with E-state index in [9.17, 15) is 9.90 Å². The summed E-state index contributed by atoms with van der Waals surface area (Å²) in [4.78, 5) is 13.4. The van der Waals surface area contributed by atoms with Gasteiger partial charge in [-0.25, -0.2) is 4.79 Å². The maximum absolute atomic E-state index is 11.2. The molecule has 0 atom stereocenters. The van der Waals surface area contributed by atoms with E-state index in [0.717, 1.165) is 22.3 Å². The van der Waals surface area contributed by atoms with E-state index in [1.807, 2.05) is 18.2 Å². The van der Waals surface area contributed by atoms with Crippen LogP contribution in [0.2, 0.25) is 0 Å². The third kappa shape index (κ3) is 2.58. The minimum absolute atomic E-state index is 0.353. The normalized spacial score (nSPS) is 15.1. The SMILES string of the molecule is CC(C)N1CCC(C(=O)O)=Cc2cc(Br)ccc21. The first-order valence-electron chi connectivity index (χ1n) is 5.99. The van der Waals surface area contributed by atoms with Gasteiger partial charge in [0.1, 0.15) is 0 Å². The van der Waals surface area contributed by atoms with Crippen molar-refractivity contribution in [3.63, 3.8) is 0 Å². The van der Waals surface area contributed by atoms with Crippen molar-refractivity contribution in [2.75, 3.05) is 11.4 Å². The van der Waals surface area contributed by atoms with Gasteiger partial charge in [-0.05, 0) is 50.1 Å². The standard InChI is InChI=1S/C14H16BrNO2/c1-9(2)16-6-5-10(14(17)18)7-11-8-12(15)3-4-13(11)16/h3-4,7-9H,5-6H2,1-2H3,(H,17,18). The lowest BCUT2D eigenvalue weighted by molar-refractivity contribution is -0.132. The Hall–Kier alpha value is -1.29. The maximum Gasteiger partial charge on any atom is 0.331 e. The second-order valence-electron chi connectivity index (χ2n) is 4.72. The van der Waals surface area contributed by atoms with Crippen LogP contribution in [0.3, 0.4) is 0 Å². The molecule has 3 nitrogen and oxygen atoms in total. The van der Waals surface area contributed by atoms with E-state index in [1.54, 1.807) is 6.08 Å². The Morgan fingerprint density at radius 3 is 2.78 bits per heavy atom. The smallest absolute Gasteiger partial charge is 0.331 e. The molecule has 1 heterocycles. The molecule has 1 N–H and O–H groups in total. The predicted octanol–water partition coefficient (Wildman–Crippen LogP) is 3.54.